The number of methoxy groups -OCH3 is 1. The number of nitrogens with zero attached hydrogens (tertiary/aromatic N) is 1. The van der Waals surface area contributed by atoms with E-state index in [0.717, 1.165) is 12.5 Å². The van der Waals surface area contributed by atoms with Crippen LogP contribution in [0.1, 0.15) is 46.5 Å². The SMILES string of the molecule is CCCC1CCN(C(CN)(COC)C(C)C)CC1. The molecule has 2 N–H and O–H groups in total. The minimum Gasteiger partial charge on any atom is -0.383 e. The third-order valence-electron chi connectivity index (χ3n) is 4.76. The molecule has 18 heavy (non-hydrogen) atoms. The van der Waals surface area contributed by atoms with E-state index in [1.165, 1.54) is 38.8 Å². The smallest absolute Gasteiger partial charge is 0.0661 e. The van der Waals surface area contributed by atoms with Crippen molar-refractivity contribution in [2.45, 2.75) is 52.0 Å². The van der Waals surface area contributed by atoms with Gasteiger partial charge < -0.3 is 10.5 Å². The minimum absolute atomic E-state index is 0.0337. The van der Waals surface area contributed by atoms with E-state index in [1.807, 2.05) is 0 Å². The first kappa shape index (κ1) is 15.9. The predicted octanol–water partition coefficient (Wildman–Crippen LogP) is 2.50. The first-order valence-electron chi connectivity index (χ1n) is 7.54. The van der Waals surface area contributed by atoms with Crippen LogP contribution in [0, 0.1) is 11.8 Å². The Morgan fingerprint density at radius 3 is 2.33 bits per heavy atom. The molecule has 3 heteroatoms. The van der Waals surface area contributed by atoms with E-state index in [9.17, 15) is 0 Å². The van der Waals surface area contributed by atoms with Gasteiger partial charge in [0.1, 0.15) is 0 Å². The molecule has 0 saturated carbocycles. The Bertz CT molecular complexity index is 225. The molecule has 1 rings (SSSR count). The zero-order valence-electron chi connectivity index (χ0n) is 12.7. The highest BCUT2D eigenvalue weighted by Gasteiger charge is 2.40. The Hall–Kier alpha value is -0.120. The average Bonchev–Trinajstić information content (AvgIpc) is 2.37. The second kappa shape index (κ2) is 7.46. The van der Waals surface area contributed by atoms with Crippen molar-refractivity contribution in [2.75, 3.05) is 33.4 Å². The zero-order chi connectivity index (χ0) is 13.6. The first-order chi connectivity index (χ1) is 8.60. The number of likely N-dealkylation sites (tertiary alicyclic amines) is 1. The fraction of sp³-hybridized carbons (Fsp3) is 1.00. The third kappa shape index (κ3) is 3.46. The van der Waals surface area contributed by atoms with Gasteiger partial charge in [-0.25, -0.2) is 0 Å². The summed E-state index contributed by atoms with van der Waals surface area (Å²) < 4.78 is 5.47. The van der Waals surface area contributed by atoms with Gasteiger partial charge in [0.2, 0.25) is 0 Å². The summed E-state index contributed by atoms with van der Waals surface area (Å²) in [4.78, 5) is 2.59. The number of piperidine rings is 1. The molecular weight excluding hydrogens is 224 g/mol. The van der Waals surface area contributed by atoms with Gasteiger partial charge in [-0.05, 0) is 37.8 Å². The predicted molar refractivity (Wildman–Crippen MR) is 77.7 cm³/mol. The van der Waals surface area contributed by atoms with Crippen molar-refractivity contribution in [1.82, 2.24) is 4.90 Å². The first-order valence-corrected chi connectivity index (χ1v) is 7.54. The largest absolute Gasteiger partial charge is 0.383 e. The molecule has 0 bridgehead atoms. The van der Waals surface area contributed by atoms with Crippen molar-refractivity contribution >= 4 is 0 Å². The molecule has 0 spiro atoms. The Morgan fingerprint density at radius 2 is 1.94 bits per heavy atom. The normalized spacial score (nSPS) is 22.3. The molecule has 108 valence electrons. The van der Waals surface area contributed by atoms with Crippen LogP contribution < -0.4 is 5.73 Å². The van der Waals surface area contributed by atoms with Gasteiger partial charge >= 0.3 is 0 Å². The van der Waals surface area contributed by atoms with E-state index in [2.05, 4.69) is 25.7 Å². The lowest BCUT2D eigenvalue weighted by Crippen LogP contribution is -2.62. The molecule has 0 aromatic carbocycles. The average molecular weight is 256 g/mol. The van der Waals surface area contributed by atoms with Crippen LogP contribution in [0.5, 0.6) is 0 Å². The lowest BCUT2D eigenvalue weighted by molar-refractivity contribution is -0.0337. The number of rotatable bonds is 7. The Labute approximate surface area is 113 Å². The van der Waals surface area contributed by atoms with Crippen molar-refractivity contribution < 1.29 is 4.74 Å². The van der Waals surface area contributed by atoms with Gasteiger partial charge in [-0.15, -0.1) is 0 Å². The molecule has 3 nitrogen and oxygen atoms in total. The van der Waals surface area contributed by atoms with Gasteiger partial charge in [0.25, 0.3) is 0 Å². The summed E-state index contributed by atoms with van der Waals surface area (Å²) >= 11 is 0. The van der Waals surface area contributed by atoms with Crippen LogP contribution in [0.3, 0.4) is 0 Å². The quantitative estimate of drug-likeness (QED) is 0.760. The van der Waals surface area contributed by atoms with Crippen molar-refractivity contribution in [3.8, 4) is 0 Å². The Balaban J connectivity index is 2.65. The highest BCUT2D eigenvalue weighted by molar-refractivity contribution is 4.96. The third-order valence-corrected chi connectivity index (χ3v) is 4.76. The van der Waals surface area contributed by atoms with Gasteiger partial charge in [0.05, 0.1) is 12.1 Å². The second-order valence-electron chi connectivity index (χ2n) is 6.11. The molecular formula is C15H32N2O. The molecule has 1 atom stereocenters. The summed E-state index contributed by atoms with van der Waals surface area (Å²) in [5, 5.41) is 0. The summed E-state index contributed by atoms with van der Waals surface area (Å²) in [6.45, 7) is 10.6. The molecule has 0 radical (unpaired) electrons. The highest BCUT2D eigenvalue weighted by atomic mass is 16.5. The fourth-order valence-corrected chi connectivity index (χ4v) is 3.37. The van der Waals surface area contributed by atoms with Gasteiger partial charge in [-0.1, -0.05) is 33.6 Å². The van der Waals surface area contributed by atoms with E-state index < -0.39 is 0 Å². The fourth-order valence-electron chi connectivity index (χ4n) is 3.37. The van der Waals surface area contributed by atoms with Crippen molar-refractivity contribution in [2.24, 2.45) is 17.6 Å². The Morgan fingerprint density at radius 1 is 1.33 bits per heavy atom. The number of nitrogens with two attached hydrogens (primary N) is 1. The van der Waals surface area contributed by atoms with Crippen LogP contribution in [0.25, 0.3) is 0 Å². The van der Waals surface area contributed by atoms with Gasteiger partial charge in [0.15, 0.2) is 0 Å². The van der Waals surface area contributed by atoms with E-state index in [-0.39, 0.29) is 5.54 Å². The molecule has 0 aliphatic carbocycles. The number of hydrogen-bond acceptors (Lipinski definition) is 3. The molecule has 1 aliphatic rings. The summed E-state index contributed by atoms with van der Waals surface area (Å²) in [7, 11) is 1.79. The van der Waals surface area contributed by atoms with Crippen LogP contribution in [-0.4, -0.2) is 43.8 Å². The van der Waals surface area contributed by atoms with Crippen LogP contribution in [0.15, 0.2) is 0 Å². The summed E-state index contributed by atoms with van der Waals surface area (Å²) in [6.07, 6.45) is 5.35. The second-order valence-corrected chi connectivity index (χ2v) is 6.11. The highest BCUT2D eigenvalue weighted by Crippen LogP contribution is 2.31. The molecule has 1 fully saturated rings. The van der Waals surface area contributed by atoms with E-state index in [4.69, 9.17) is 10.5 Å². The van der Waals surface area contributed by atoms with Crippen molar-refractivity contribution in [3.63, 3.8) is 0 Å². The molecule has 1 saturated heterocycles. The summed E-state index contributed by atoms with van der Waals surface area (Å²) in [5.41, 5.74) is 6.13. The molecule has 0 amide bonds. The molecule has 1 heterocycles. The maximum Gasteiger partial charge on any atom is 0.0661 e. The number of ether oxygens (including phenoxy) is 1. The van der Waals surface area contributed by atoms with Crippen LogP contribution >= 0.6 is 0 Å². The van der Waals surface area contributed by atoms with Gasteiger partial charge in [0, 0.05) is 13.7 Å². The number of hydrogen-bond donors (Lipinski definition) is 1. The topological polar surface area (TPSA) is 38.5 Å². The van der Waals surface area contributed by atoms with Gasteiger partial charge in [-0.2, -0.15) is 0 Å². The van der Waals surface area contributed by atoms with Crippen LogP contribution in [0.4, 0.5) is 0 Å². The minimum atomic E-state index is 0.0337. The molecule has 0 aromatic heterocycles. The Kier molecular flexibility index (Phi) is 6.61. The van der Waals surface area contributed by atoms with Crippen molar-refractivity contribution in [1.29, 1.82) is 0 Å². The van der Waals surface area contributed by atoms with Gasteiger partial charge in [-0.3, -0.25) is 4.90 Å². The lowest BCUT2D eigenvalue weighted by atomic mass is 9.82. The molecule has 1 aliphatic heterocycles. The zero-order valence-corrected chi connectivity index (χ0v) is 12.7. The van der Waals surface area contributed by atoms with E-state index in [1.54, 1.807) is 7.11 Å². The molecule has 0 aromatic rings. The van der Waals surface area contributed by atoms with Crippen LogP contribution in [-0.2, 0) is 4.74 Å². The standard InChI is InChI=1S/C15H32N2O/c1-5-6-14-7-9-17(10-8-14)15(11-16,12-18-4)13(2)3/h13-14H,5-12,16H2,1-4H3. The van der Waals surface area contributed by atoms with Crippen molar-refractivity contribution in [3.05, 3.63) is 0 Å². The van der Waals surface area contributed by atoms with E-state index in [0.29, 0.717) is 12.5 Å². The maximum atomic E-state index is 6.10. The van der Waals surface area contributed by atoms with E-state index >= 15 is 0 Å². The van der Waals surface area contributed by atoms with Crippen LogP contribution in [0.2, 0.25) is 0 Å². The lowest BCUT2D eigenvalue weighted by Gasteiger charge is -2.49. The summed E-state index contributed by atoms with van der Waals surface area (Å²) in [6, 6.07) is 0. The summed E-state index contributed by atoms with van der Waals surface area (Å²) in [5.74, 6) is 1.46. The maximum absolute atomic E-state index is 6.10. The molecule has 1 unspecified atom stereocenters. The monoisotopic (exact) mass is 256 g/mol.